The number of rotatable bonds is 5. The Labute approximate surface area is 119 Å². The molecule has 2 rings (SSSR count). The normalized spacial score (nSPS) is 14.8. The Morgan fingerprint density at radius 1 is 1.47 bits per heavy atom. The average Bonchev–Trinajstić information content (AvgIpc) is 3.11. The van der Waals surface area contributed by atoms with E-state index in [-0.39, 0.29) is 11.2 Å². The molecule has 0 N–H and O–H groups in total. The van der Waals surface area contributed by atoms with Crippen molar-refractivity contribution in [3.8, 4) is 0 Å². The smallest absolute Gasteiger partial charge is 0.272 e. The van der Waals surface area contributed by atoms with Gasteiger partial charge in [-0.3, -0.25) is 4.79 Å². The molecule has 5 heteroatoms. The van der Waals surface area contributed by atoms with E-state index in [0.29, 0.717) is 17.7 Å². The third kappa shape index (κ3) is 3.90. The molecule has 1 fully saturated rings. The Balaban J connectivity index is 2.14. The monoisotopic (exact) mass is 281 g/mol. The zero-order valence-electron chi connectivity index (χ0n) is 11.7. The Morgan fingerprint density at radius 2 is 2.16 bits per heavy atom. The number of aromatic nitrogens is 2. The van der Waals surface area contributed by atoms with Gasteiger partial charge in [-0.25, -0.2) is 9.97 Å². The lowest BCUT2D eigenvalue weighted by Gasteiger charge is -2.23. The summed E-state index contributed by atoms with van der Waals surface area (Å²) in [6.07, 6.45) is 3.21. The minimum atomic E-state index is -0.0180. The topological polar surface area (TPSA) is 46.1 Å². The lowest BCUT2D eigenvalue weighted by molar-refractivity contribution is 0.0729. The Bertz CT molecular complexity index is 452. The highest BCUT2D eigenvalue weighted by Crippen LogP contribution is 2.28. The van der Waals surface area contributed by atoms with Gasteiger partial charge in [-0.1, -0.05) is 13.8 Å². The van der Waals surface area contributed by atoms with Gasteiger partial charge in [-0.2, -0.15) is 0 Å². The van der Waals surface area contributed by atoms with Crippen LogP contribution < -0.4 is 0 Å². The quantitative estimate of drug-likeness (QED) is 0.779. The van der Waals surface area contributed by atoms with E-state index in [1.54, 1.807) is 6.07 Å². The van der Waals surface area contributed by atoms with Gasteiger partial charge in [0.05, 0.1) is 0 Å². The second-order valence-electron chi connectivity index (χ2n) is 5.58. The molecule has 0 unspecified atom stereocenters. The van der Waals surface area contributed by atoms with Gasteiger partial charge in [0.1, 0.15) is 5.69 Å². The van der Waals surface area contributed by atoms with Crippen molar-refractivity contribution in [1.29, 1.82) is 0 Å². The van der Waals surface area contributed by atoms with E-state index >= 15 is 0 Å². The summed E-state index contributed by atoms with van der Waals surface area (Å²) >= 11 is 5.83. The SMILES string of the molecule is Cc1cc(C(=O)N(CCC(C)C)C2CC2)nc(Cl)n1. The van der Waals surface area contributed by atoms with Crippen molar-refractivity contribution in [1.82, 2.24) is 14.9 Å². The van der Waals surface area contributed by atoms with E-state index in [2.05, 4.69) is 23.8 Å². The number of hydrogen-bond donors (Lipinski definition) is 0. The molecule has 0 atom stereocenters. The molecule has 0 aromatic carbocycles. The summed E-state index contributed by atoms with van der Waals surface area (Å²) in [4.78, 5) is 22.5. The van der Waals surface area contributed by atoms with Crippen molar-refractivity contribution in [2.75, 3.05) is 6.54 Å². The van der Waals surface area contributed by atoms with Crippen molar-refractivity contribution in [3.05, 3.63) is 22.7 Å². The molecule has 1 aromatic heterocycles. The largest absolute Gasteiger partial charge is 0.334 e. The highest BCUT2D eigenvalue weighted by atomic mass is 35.5. The molecule has 1 heterocycles. The first kappa shape index (κ1) is 14.3. The van der Waals surface area contributed by atoms with Gasteiger partial charge in [0, 0.05) is 18.3 Å². The molecule has 1 aromatic rings. The number of nitrogens with zero attached hydrogens (tertiary/aromatic N) is 3. The molecular weight excluding hydrogens is 262 g/mol. The fourth-order valence-corrected chi connectivity index (χ4v) is 2.25. The summed E-state index contributed by atoms with van der Waals surface area (Å²) in [6.45, 7) is 6.95. The number of hydrogen-bond acceptors (Lipinski definition) is 3. The lowest BCUT2D eigenvalue weighted by Crippen LogP contribution is -2.35. The van der Waals surface area contributed by atoms with E-state index < -0.39 is 0 Å². The van der Waals surface area contributed by atoms with Crippen molar-refractivity contribution < 1.29 is 4.79 Å². The minimum Gasteiger partial charge on any atom is -0.334 e. The zero-order valence-corrected chi connectivity index (χ0v) is 12.4. The standard InChI is InChI=1S/C14H20ClN3O/c1-9(2)6-7-18(11-4-5-11)13(19)12-8-10(3)16-14(15)17-12/h8-9,11H,4-7H2,1-3H3. The van der Waals surface area contributed by atoms with Gasteiger partial charge in [-0.15, -0.1) is 0 Å². The summed E-state index contributed by atoms with van der Waals surface area (Å²) in [5.74, 6) is 0.570. The maximum absolute atomic E-state index is 12.5. The molecule has 1 aliphatic carbocycles. The van der Waals surface area contributed by atoms with Gasteiger partial charge < -0.3 is 4.90 Å². The molecule has 0 saturated heterocycles. The van der Waals surface area contributed by atoms with Crippen molar-refractivity contribution in [3.63, 3.8) is 0 Å². The summed E-state index contributed by atoms with van der Waals surface area (Å²) < 4.78 is 0. The highest BCUT2D eigenvalue weighted by Gasteiger charge is 2.33. The van der Waals surface area contributed by atoms with Crippen LogP contribution in [0.2, 0.25) is 5.28 Å². The van der Waals surface area contributed by atoms with Crippen LogP contribution in [0.5, 0.6) is 0 Å². The van der Waals surface area contributed by atoms with Crippen molar-refractivity contribution in [2.24, 2.45) is 5.92 Å². The Hall–Kier alpha value is -1.16. The van der Waals surface area contributed by atoms with Gasteiger partial charge in [-0.05, 0) is 49.8 Å². The van der Waals surface area contributed by atoms with Crippen LogP contribution in [0.15, 0.2) is 6.07 Å². The molecule has 0 bridgehead atoms. The minimum absolute atomic E-state index is 0.0180. The van der Waals surface area contributed by atoms with Crippen LogP contribution in [0.25, 0.3) is 0 Å². The van der Waals surface area contributed by atoms with Crippen LogP contribution in [0.3, 0.4) is 0 Å². The lowest BCUT2D eigenvalue weighted by atomic mass is 10.1. The van der Waals surface area contributed by atoms with Crippen LogP contribution >= 0.6 is 11.6 Å². The second kappa shape index (κ2) is 5.87. The summed E-state index contributed by atoms with van der Waals surface area (Å²) in [7, 11) is 0. The van der Waals surface area contributed by atoms with Crippen molar-refractivity contribution in [2.45, 2.75) is 46.1 Å². The summed E-state index contributed by atoms with van der Waals surface area (Å²) in [6, 6.07) is 2.10. The molecule has 4 nitrogen and oxygen atoms in total. The predicted octanol–water partition coefficient (Wildman–Crippen LogP) is 3.09. The third-order valence-corrected chi connectivity index (χ3v) is 3.41. The van der Waals surface area contributed by atoms with Crippen LogP contribution in [-0.4, -0.2) is 33.4 Å². The molecule has 1 saturated carbocycles. The molecular formula is C14H20ClN3O. The molecule has 0 aliphatic heterocycles. The first-order chi connectivity index (χ1) is 8.97. The maximum Gasteiger partial charge on any atom is 0.272 e. The van der Waals surface area contributed by atoms with Gasteiger partial charge >= 0.3 is 0 Å². The maximum atomic E-state index is 12.5. The van der Waals surface area contributed by atoms with Crippen LogP contribution in [0.4, 0.5) is 0 Å². The molecule has 0 radical (unpaired) electrons. The second-order valence-corrected chi connectivity index (χ2v) is 5.91. The Kier molecular flexibility index (Phi) is 4.40. The summed E-state index contributed by atoms with van der Waals surface area (Å²) in [5, 5.41) is 0.142. The predicted molar refractivity (Wildman–Crippen MR) is 75.3 cm³/mol. The van der Waals surface area contributed by atoms with E-state index in [1.165, 1.54) is 0 Å². The Morgan fingerprint density at radius 3 is 2.68 bits per heavy atom. The number of halogens is 1. The van der Waals surface area contributed by atoms with E-state index in [9.17, 15) is 4.79 Å². The first-order valence-electron chi connectivity index (χ1n) is 6.79. The zero-order chi connectivity index (χ0) is 14.0. The number of aryl methyl sites for hydroxylation is 1. The molecule has 1 aliphatic rings. The number of amides is 1. The van der Waals surface area contributed by atoms with Crippen LogP contribution in [0, 0.1) is 12.8 Å². The number of carbonyl (C=O) groups is 1. The van der Waals surface area contributed by atoms with E-state index in [1.807, 2.05) is 11.8 Å². The number of carbonyl (C=O) groups excluding carboxylic acids is 1. The van der Waals surface area contributed by atoms with E-state index in [4.69, 9.17) is 11.6 Å². The molecule has 19 heavy (non-hydrogen) atoms. The van der Waals surface area contributed by atoms with Crippen molar-refractivity contribution >= 4 is 17.5 Å². The van der Waals surface area contributed by atoms with Gasteiger partial charge in [0.15, 0.2) is 0 Å². The van der Waals surface area contributed by atoms with Crippen LogP contribution in [0.1, 0.15) is 49.3 Å². The first-order valence-corrected chi connectivity index (χ1v) is 7.17. The summed E-state index contributed by atoms with van der Waals surface area (Å²) in [5.41, 5.74) is 1.14. The molecule has 0 spiro atoms. The highest BCUT2D eigenvalue weighted by molar-refractivity contribution is 6.28. The van der Waals surface area contributed by atoms with Gasteiger partial charge in [0.2, 0.25) is 5.28 Å². The molecule has 1 amide bonds. The van der Waals surface area contributed by atoms with E-state index in [0.717, 1.165) is 31.5 Å². The average molecular weight is 282 g/mol. The van der Waals surface area contributed by atoms with Crippen LogP contribution in [-0.2, 0) is 0 Å². The molecule has 104 valence electrons. The third-order valence-electron chi connectivity index (χ3n) is 3.24. The fraction of sp³-hybridized carbons (Fsp3) is 0.643. The fourth-order valence-electron chi connectivity index (χ4n) is 2.02. The van der Waals surface area contributed by atoms with Gasteiger partial charge in [0.25, 0.3) is 5.91 Å².